The van der Waals surface area contributed by atoms with Gasteiger partial charge in [-0.05, 0) is 50.4 Å². The largest absolute Gasteiger partial charge is 0.465 e. The first-order valence-corrected chi connectivity index (χ1v) is 10.2. The lowest BCUT2D eigenvalue weighted by molar-refractivity contribution is -0.0324. The maximum Gasteiger partial charge on any atom is 0.408 e. The first-order chi connectivity index (χ1) is 12.8. The SMILES string of the molecule is CC(C)(C)C1(c2cc3nc4c(c(Cl)n3n2)CCCC4)CCCCN1C(=O)O. The highest BCUT2D eigenvalue weighted by Gasteiger charge is 2.53. The molecule has 1 aliphatic heterocycles. The minimum atomic E-state index is -0.889. The number of amides is 1. The van der Waals surface area contributed by atoms with Gasteiger partial charge in [0.15, 0.2) is 5.65 Å². The number of likely N-dealkylation sites (tertiary alicyclic amines) is 1. The van der Waals surface area contributed by atoms with E-state index in [4.69, 9.17) is 21.7 Å². The van der Waals surface area contributed by atoms with Gasteiger partial charge in [-0.2, -0.15) is 5.10 Å². The fraction of sp³-hybridized carbons (Fsp3) is 0.650. The van der Waals surface area contributed by atoms with Crippen LogP contribution < -0.4 is 0 Å². The van der Waals surface area contributed by atoms with Gasteiger partial charge in [-0.15, -0.1) is 0 Å². The first-order valence-electron chi connectivity index (χ1n) is 9.84. The van der Waals surface area contributed by atoms with Crippen molar-refractivity contribution in [1.82, 2.24) is 19.5 Å². The van der Waals surface area contributed by atoms with Crippen LogP contribution in [0, 0.1) is 5.41 Å². The van der Waals surface area contributed by atoms with Crippen molar-refractivity contribution in [3.8, 4) is 0 Å². The summed E-state index contributed by atoms with van der Waals surface area (Å²) in [4.78, 5) is 18.5. The molecule has 0 spiro atoms. The third kappa shape index (κ3) is 2.72. The minimum Gasteiger partial charge on any atom is -0.465 e. The third-order valence-electron chi connectivity index (χ3n) is 6.34. The number of fused-ring (bicyclic) bond motifs is 2. The van der Waals surface area contributed by atoms with Gasteiger partial charge in [-0.3, -0.25) is 4.90 Å². The molecule has 1 aliphatic carbocycles. The minimum absolute atomic E-state index is 0.310. The fourth-order valence-corrected chi connectivity index (χ4v) is 5.29. The molecule has 1 atom stereocenters. The van der Waals surface area contributed by atoms with E-state index in [9.17, 15) is 9.90 Å². The van der Waals surface area contributed by atoms with Crippen molar-refractivity contribution in [3.05, 3.63) is 28.2 Å². The summed E-state index contributed by atoms with van der Waals surface area (Å²) in [6.45, 7) is 6.81. The quantitative estimate of drug-likeness (QED) is 0.718. The fourth-order valence-electron chi connectivity index (χ4n) is 4.96. The van der Waals surface area contributed by atoms with Gasteiger partial charge >= 0.3 is 6.09 Å². The molecule has 2 aliphatic rings. The van der Waals surface area contributed by atoms with Crippen molar-refractivity contribution in [3.63, 3.8) is 0 Å². The molecule has 27 heavy (non-hydrogen) atoms. The number of nitrogens with zero attached hydrogens (tertiary/aromatic N) is 4. The summed E-state index contributed by atoms with van der Waals surface area (Å²) in [5.74, 6) is 0. The van der Waals surface area contributed by atoms with E-state index in [2.05, 4.69) is 20.8 Å². The summed E-state index contributed by atoms with van der Waals surface area (Å²) in [5.41, 5.74) is 2.64. The van der Waals surface area contributed by atoms with E-state index in [1.807, 2.05) is 6.07 Å². The monoisotopic (exact) mass is 390 g/mol. The number of aryl methyl sites for hydroxylation is 1. The predicted octanol–water partition coefficient (Wildman–Crippen LogP) is 4.67. The lowest BCUT2D eigenvalue weighted by Gasteiger charge is -2.52. The molecule has 2 aromatic rings. The molecule has 1 saturated heterocycles. The summed E-state index contributed by atoms with van der Waals surface area (Å²) in [7, 11) is 0. The summed E-state index contributed by atoms with van der Waals surface area (Å²) in [5, 5.41) is 15.4. The van der Waals surface area contributed by atoms with E-state index < -0.39 is 11.6 Å². The van der Waals surface area contributed by atoms with Gasteiger partial charge in [0.25, 0.3) is 0 Å². The highest BCUT2D eigenvalue weighted by atomic mass is 35.5. The average molecular weight is 391 g/mol. The van der Waals surface area contributed by atoms with Crippen LogP contribution in [0.5, 0.6) is 0 Å². The predicted molar refractivity (Wildman–Crippen MR) is 104 cm³/mol. The van der Waals surface area contributed by atoms with Gasteiger partial charge in [-0.25, -0.2) is 14.3 Å². The van der Waals surface area contributed by atoms with Crippen LogP contribution in [0.4, 0.5) is 4.79 Å². The van der Waals surface area contributed by atoms with Crippen LogP contribution in [0.3, 0.4) is 0 Å². The summed E-state index contributed by atoms with van der Waals surface area (Å²) < 4.78 is 1.71. The normalized spacial score (nSPS) is 23.5. The second-order valence-corrected chi connectivity index (χ2v) is 9.19. The molecule has 0 bridgehead atoms. The molecule has 0 aromatic carbocycles. The Kier molecular flexibility index (Phi) is 4.37. The Hall–Kier alpha value is -1.82. The van der Waals surface area contributed by atoms with E-state index in [0.29, 0.717) is 11.7 Å². The van der Waals surface area contributed by atoms with Crippen molar-refractivity contribution < 1.29 is 9.90 Å². The Balaban J connectivity index is 1.94. The lowest BCUT2D eigenvalue weighted by Crippen LogP contribution is -2.59. The Morgan fingerprint density at radius 1 is 1.22 bits per heavy atom. The zero-order chi connectivity index (χ0) is 19.4. The molecule has 2 aromatic heterocycles. The average Bonchev–Trinajstić information content (AvgIpc) is 3.05. The highest BCUT2D eigenvalue weighted by Crippen LogP contribution is 2.50. The van der Waals surface area contributed by atoms with E-state index in [0.717, 1.165) is 67.5 Å². The van der Waals surface area contributed by atoms with Gasteiger partial charge in [-0.1, -0.05) is 32.4 Å². The second-order valence-electron chi connectivity index (χ2n) is 8.84. The van der Waals surface area contributed by atoms with Crippen LogP contribution in [0.1, 0.15) is 69.8 Å². The molecule has 3 heterocycles. The van der Waals surface area contributed by atoms with Crippen molar-refractivity contribution in [1.29, 1.82) is 0 Å². The summed E-state index contributed by atoms with van der Waals surface area (Å²) in [6.07, 6.45) is 5.84. The molecular weight excluding hydrogens is 364 g/mol. The van der Waals surface area contributed by atoms with E-state index in [1.165, 1.54) is 0 Å². The molecule has 7 heteroatoms. The Bertz CT molecular complexity index is 901. The molecule has 0 radical (unpaired) electrons. The van der Waals surface area contributed by atoms with Crippen molar-refractivity contribution in [2.75, 3.05) is 6.54 Å². The Morgan fingerprint density at radius 3 is 2.67 bits per heavy atom. The number of carboxylic acid groups (broad SMARTS) is 1. The standard InChI is InChI=1S/C20H27ClN4O2/c1-19(2,3)20(10-6-7-11-24(20)18(26)27)15-12-16-22-14-9-5-4-8-13(14)17(21)25(16)23-15/h12H,4-11H2,1-3H3,(H,26,27). The smallest absolute Gasteiger partial charge is 0.408 e. The van der Waals surface area contributed by atoms with Crippen LogP contribution in [-0.2, 0) is 18.4 Å². The molecule has 1 N–H and O–H groups in total. The topological polar surface area (TPSA) is 70.7 Å². The van der Waals surface area contributed by atoms with Crippen LogP contribution >= 0.6 is 11.6 Å². The maximum atomic E-state index is 12.1. The molecule has 1 fully saturated rings. The lowest BCUT2D eigenvalue weighted by atomic mass is 9.66. The van der Waals surface area contributed by atoms with E-state index in [1.54, 1.807) is 9.42 Å². The second kappa shape index (κ2) is 6.36. The van der Waals surface area contributed by atoms with Gasteiger partial charge in [0.1, 0.15) is 5.15 Å². The molecule has 6 nitrogen and oxygen atoms in total. The van der Waals surface area contributed by atoms with Crippen LogP contribution in [0.25, 0.3) is 5.65 Å². The number of hydrogen-bond acceptors (Lipinski definition) is 3. The van der Waals surface area contributed by atoms with Crippen molar-refractivity contribution in [2.45, 2.75) is 71.3 Å². The number of aromatic nitrogens is 3. The number of carbonyl (C=O) groups is 1. The zero-order valence-corrected chi connectivity index (χ0v) is 17.0. The van der Waals surface area contributed by atoms with Crippen LogP contribution in [0.15, 0.2) is 6.07 Å². The summed E-state index contributed by atoms with van der Waals surface area (Å²) in [6, 6.07) is 1.95. The molecule has 1 unspecified atom stereocenters. The number of rotatable bonds is 1. The van der Waals surface area contributed by atoms with Gasteiger partial charge in [0.2, 0.25) is 0 Å². The number of halogens is 1. The number of hydrogen-bond donors (Lipinski definition) is 1. The Morgan fingerprint density at radius 2 is 1.96 bits per heavy atom. The van der Waals surface area contributed by atoms with Gasteiger partial charge < -0.3 is 5.11 Å². The van der Waals surface area contributed by atoms with Gasteiger partial charge in [0.05, 0.1) is 11.2 Å². The third-order valence-corrected chi connectivity index (χ3v) is 6.73. The zero-order valence-electron chi connectivity index (χ0n) is 16.3. The molecule has 4 rings (SSSR count). The highest BCUT2D eigenvalue weighted by molar-refractivity contribution is 6.30. The molecular formula is C20H27ClN4O2. The molecule has 0 saturated carbocycles. The van der Waals surface area contributed by atoms with Crippen LogP contribution in [0.2, 0.25) is 5.15 Å². The van der Waals surface area contributed by atoms with E-state index in [-0.39, 0.29) is 5.41 Å². The van der Waals surface area contributed by atoms with Crippen LogP contribution in [-0.4, -0.2) is 37.2 Å². The maximum absolute atomic E-state index is 12.1. The number of piperidine rings is 1. The van der Waals surface area contributed by atoms with E-state index >= 15 is 0 Å². The van der Waals surface area contributed by atoms with Gasteiger partial charge in [0, 0.05) is 23.9 Å². The van der Waals surface area contributed by atoms with Crippen molar-refractivity contribution >= 4 is 23.3 Å². The van der Waals surface area contributed by atoms with Crippen molar-refractivity contribution in [2.24, 2.45) is 5.41 Å². The molecule has 1 amide bonds. The summed E-state index contributed by atoms with van der Waals surface area (Å²) >= 11 is 6.70. The molecule has 146 valence electrons. The Labute approximate surface area is 164 Å². The first kappa shape index (κ1) is 18.5.